The minimum absolute atomic E-state index is 0.0293. The first-order valence-electron chi connectivity index (χ1n) is 10.1. The fourth-order valence-corrected chi connectivity index (χ4v) is 3.23. The molecule has 0 aromatic rings. The van der Waals surface area contributed by atoms with Crippen molar-refractivity contribution in [2.24, 2.45) is 11.3 Å². The molecule has 0 aromatic heterocycles. The third-order valence-electron chi connectivity index (χ3n) is 5.10. The summed E-state index contributed by atoms with van der Waals surface area (Å²) in [7, 11) is 6.11. The molecule has 0 radical (unpaired) electrons. The molecule has 0 atom stereocenters. The molecule has 0 unspecified atom stereocenters. The average Bonchev–Trinajstić information content (AvgIpc) is 2.84. The fraction of sp³-hybridized carbons (Fsp3) is 0.565. The molecule has 9 nitrogen and oxygen atoms in total. The van der Waals surface area contributed by atoms with Gasteiger partial charge in [-0.25, -0.2) is 0 Å². The summed E-state index contributed by atoms with van der Waals surface area (Å²) in [6.45, 7) is 1.71. The van der Waals surface area contributed by atoms with Gasteiger partial charge in [0.05, 0.1) is 41.3 Å². The number of allylic oxidation sites excluding steroid dienone is 6. The van der Waals surface area contributed by atoms with Gasteiger partial charge in [-0.2, -0.15) is 0 Å². The normalized spacial score (nSPS) is 12.5. The monoisotopic (exact) mass is 488 g/mol. The predicted molar refractivity (Wildman–Crippen MR) is 121 cm³/mol. The molecule has 0 saturated heterocycles. The SMILES string of the molecule is COC(=O)C(C/C(OC)=C(\C)CCC(C/C=C\C=C/CCl)(C(=O)OC)C(=O)OC)C(=O)OC. The number of hydrogen-bond acceptors (Lipinski definition) is 9. The minimum atomic E-state index is -1.60. The van der Waals surface area contributed by atoms with E-state index in [1.54, 1.807) is 31.2 Å². The Balaban J connectivity index is 5.96. The van der Waals surface area contributed by atoms with Crippen molar-refractivity contribution in [3.8, 4) is 0 Å². The van der Waals surface area contributed by atoms with Gasteiger partial charge in [0, 0.05) is 12.3 Å². The number of alkyl halides is 1. The number of hydrogen-bond donors (Lipinski definition) is 0. The second-order valence-corrected chi connectivity index (χ2v) is 7.30. The van der Waals surface area contributed by atoms with E-state index in [2.05, 4.69) is 9.47 Å². The van der Waals surface area contributed by atoms with Crippen LogP contribution in [0.2, 0.25) is 0 Å². The van der Waals surface area contributed by atoms with Crippen LogP contribution in [-0.2, 0) is 42.9 Å². The Hall–Kier alpha value is -2.81. The maximum atomic E-state index is 12.7. The molecular formula is C23H33ClO9. The summed E-state index contributed by atoms with van der Waals surface area (Å²) in [6, 6.07) is 0. The van der Waals surface area contributed by atoms with Gasteiger partial charge < -0.3 is 23.7 Å². The van der Waals surface area contributed by atoms with Crippen LogP contribution in [0.15, 0.2) is 35.6 Å². The van der Waals surface area contributed by atoms with Gasteiger partial charge in [0.1, 0.15) is 0 Å². The molecular weight excluding hydrogens is 456 g/mol. The summed E-state index contributed by atoms with van der Waals surface area (Å²) in [6.07, 6.45) is 6.90. The lowest BCUT2D eigenvalue weighted by atomic mass is 9.78. The topological polar surface area (TPSA) is 114 Å². The molecule has 0 heterocycles. The molecule has 0 aliphatic carbocycles. The third kappa shape index (κ3) is 8.92. The summed E-state index contributed by atoms with van der Waals surface area (Å²) in [5.41, 5.74) is -0.975. The van der Waals surface area contributed by atoms with Gasteiger partial charge in [-0.05, 0) is 31.8 Å². The Morgan fingerprint density at radius 3 is 1.76 bits per heavy atom. The highest BCUT2D eigenvalue weighted by Gasteiger charge is 2.47. The second kappa shape index (κ2) is 15.9. The number of carbonyl (C=O) groups is 4. The number of carbonyl (C=O) groups excluding carboxylic acids is 4. The summed E-state index contributed by atoms with van der Waals surface area (Å²) >= 11 is 5.59. The van der Waals surface area contributed by atoms with Crippen molar-refractivity contribution in [2.75, 3.05) is 41.4 Å². The van der Waals surface area contributed by atoms with Gasteiger partial charge >= 0.3 is 23.9 Å². The maximum Gasteiger partial charge on any atom is 0.323 e. The van der Waals surface area contributed by atoms with E-state index in [9.17, 15) is 19.2 Å². The van der Waals surface area contributed by atoms with Crippen molar-refractivity contribution < 1.29 is 42.9 Å². The molecule has 0 aliphatic rings. The first kappa shape index (κ1) is 30.2. The van der Waals surface area contributed by atoms with Crippen LogP contribution in [-0.4, -0.2) is 65.3 Å². The van der Waals surface area contributed by atoms with E-state index in [1.807, 2.05) is 0 Å². The van der Waals surface area contributed by atoms with Gasteiger partial charge in [0.15, 0.2) is 11.3 Å². The Kier molecular flexibility index (Phi) is 14.6. The molecule has 0 aromatic carbocycles. The zero-order chi connectivity index (χ0) is 25.4. The van der Waals surface area contributed by atoms with Gasteiger partial charge in [0.25, 0.3) is 0 Å². The van der Waals surface area contributed by atoms with Crippen LogP contribution in [0.1, 0.15) is 32.6 Å². The van der Waals surface area contributed by atoms with E-state index in [0.29, 0.717) is 17.2 Å². The standard InChI is InChI=1S/C23H33ClO9/c1-16(18(29-2)15-17(19(25)30-3)20(26)31-4)11-13-23(21(27)32-5,22(28)33-6)12-9-7-8-10-14-24/h7-10,17H,11-15H2,1-6H3/b9-7-,10-8-,18-16-. The Bertz CT molecular complexity index is 736. The molecule has 0 amide bonds. The quantitative estimate of drug-likeness (QED) is 0.0907. The van der Waals surface area contributed by atoms with Crippen LogP contribution in [0, 0.1) is 11.3 Å². The summed E-state index contributed by atoms with van der Waals surface area (Å²) in [5, 5.41) is 0. The summed E-state index contributed by atoms with van der Waals surface area (Å²) in [5.74, 6) is -3.57. The van der Waals surface area contributed by atoms with Crippen molar-refractivity contribution >= 4 is 35.5 Å². The maximum absolute atomic E-state index is 12.7. The lowest BCUT2D eigenvalue weighted by Crippen LogP contribution is -2.41. The number of halogens is 1. The smallest absolute Gasteiger partial charge is 0.323 e. The average molecular weight is 489 g/mol. The minimum Gasteiger partial charge on any atom is -0.501 e. The van der Waals surface area contributed by atoms with E-state index >= 15 is 0 Å². The number of methoxy groups -OCH3 is 5. The van der Waals surface area contributed by atoms with Crippen LogP contribution in [0.3, 0.4) is 0 Å². The van der Waals surface area contributed by atoms with E-state index in [-0.39, 0.29) is 25.7 Å². The van der Waals surface area contributed by atoms with Gasteiger partial charge in [-0.15, -0.1) is 11.6 Å². The zero-order valence-electron chi connectivity index (χ0n) is 20.0. The van der Waals surface area contributed by atoms with Crippen molar-refractivity contribution in [3.05, 3.63) is 35.6 Å². The van der Waals surface area contributed by atoms with Crippen LogP contribution < -0.4 is 0 Å². The lowest BCUT2D eigenvalue weighted by Gasteiger charge is -2.27. The van der Waals surface area contributed by atoms with Crippen LogP contribution >= 0.6 is 11.6 Å². The first-order valence-corrected chi connectivity index (χ1v) is 10.6. The number of esters is 4. The molecule has 33 heavy (non-hydrogen) atoms. The largest absolute Gasteiger partial charge is 0.501 e. The van der Waals surface area contributed by atoms with Crippen LogP contribution in [0.5, 0.6) is 0 Å². The fourth-order valence-electron chi connectivity index (χ4n) is 3.13. The third-order valence-corrected chi connectivity index (χ3v) is 5.28. The highest BCUT2D eigenvalue weighted by molar-refractivity contribution is 6.18. The van der Waals surface area contributed by atoms with E-state index in [1.165, 1.54) is 21.3 Å². The Morgan fingerprint density at radius 2 is 1.33 bits per heavy atom. The molecule has 0 aliphatic heterocycles. The van der Waals surface area contributed by atoms with E-state index in [0.717, 1.165) is 14.2 Å². The van der Waals surface area contributed by atoms with E-state index < -0.39 is 35.2 Å². The number of rotatable bonds is 14. The van der Waals surface area contributed by atoms with Crippen molar-refractivity contribution in [1.29, 1.82) is 0 Å². The molecule has 0 bridgehead atoms. The van der Waals surface area contributed by atoms with Gasteiger partial charge in [0.2, 0.25) is 0 Å². The zero-order valence-corrected chi connectivity index (χ0v) is 20.7. The first-order chi connectivity index (χ1) is 15.7. The predicted octanol–water partition coefficient (Wildman–Crippen LogP) is 3.11. The molecule has 10 heteroatoms. The van der Waals surface area contributed by atoms with Gasteiger partial charge in [-0.1, -0.05) is 24.3 Å². The summed E-state index contributed by atoms with van der Waals surface area (Å²) < 4.78 is 24.6. The van der Waals surface area contributed by atoms with Crippen molar-refractivity contribution in [2.45, 2.75) is 32.6 Å². The highest BCUT2D eigenvalue weighted by Crippen LogP contribution is 2.35. The number of ether oxygens (including phenoxy) is 5. The van der Waals surface area contributed by atoms with Crippen molar-refractivity contribution in [3.63, 3.8) is 0 Å². The van der Waals surface area contributed by atoms with Crippen molar-refractivity contribution in [1.82, 2.24) is 0 Å². The van der Waals surface area contributed by atoms with E-state index in [4.69, 9.17) is 25.8 Å². The molecule has 0 rings (SSSR count). The summed E-state index contributed by atoms with van der Waals surface area (Å²) in [4.78, 5) is 49.4. The lowest BCUT2D eigenvalue weighted by molar-refractivity contribution is -0.169. The Morgan fingerprint density at radius 1 is 0.818 bits per heavy atom. The van der Waals surface area contributed by atoms with Gasteiger partial charge in [-0.3, -0.25) is 19.2 Å². The second-order valence-electron chi connectivity index (χ2n) is 6.99. The Labute approximate surface area is 199 Å². The molecule has 0 N–H and O–H groups in total. The molecule has 0 fully saturated rings. The molecule has 0 spiro atoms. The highest BCUT2D eigenvalue weighted by atomic mass is 35.5. The van der Waals surface area contributed by atoms with Crippen LogP contribution in [0.25, 0.3) is 0 Å². The van der Waals surface area contributed by atoms with Crippen LogP contribution in [0.4, 0.5) is 0 Å². The molecule has 0 saturated carbocycles. The molecule has 186 valence electrons.